The molecule has 2 aliphatic carbocycles. The molecule has 1 aromatic rings. The minimum atomic E-state index is -0.920. The van der Waals surface area contributed by atoms with E-state index in [1.165, 1.54) is 18.4 Å². The summed E-state index contributed by atoms with van der Waals surface area (Å²) in [4.78, 5) is 38.2. The topological polar surface area (TPSA) is 92.7 Å². The summed E-state index contributed by atoms with van der Waals surface area (Å²) in [6.45, 7) is 6.69. The van der Waals surface area contributed by atoms with Gasteiger partial charge < -0.3 is 15.2 Å². The number of esters is 1. The Balaban J connectivity index is 1.89. The third kappa shape index (κ3) is 4.49. The quantitative estimate of drug-likeness (QED) is 0.698. The first-order chi connectivity index (χ1) is 13.6. The molecule has 29 heavy (non-hydrogen) atoms. The van der Waals surface area contributed by atoms with Crippen molar-refractivity contribution in [2.75, 3.05) is 12.4 Å². The lowest BCUT2D eigenvalue weighted by atomic mass is 9.72. The number of anilines is 1. The van der Waals surface area contributed by atoms with Gasteiger partial charge >= 0.3 is 11.9 Å². The Kier molecular flexibility index (Phi) is 6.36. The molecule has 6 nitrogen and oxygen atoms in total. The standard InChI is InChI=1S/C22H31NO5S/c1-22(2,3)12-9-10-15-16(11-12)29-19(17(15)21(27)28-4)23-18(24)13-7-5-6-8-14(13)20(25)26/h12-14H,5-11H2,1-4H3,(H,23,24)(H,25,26). The van der Waals surface area contributed by atoms with Gasteiger partial charge in [-0.15, -0.1) is 11.3 Å². The molecule has 3 rings (SSSR count). The average Bonchev–Trinajstić information content (AvgIpc) is 3.03. The monoisotopic (exact) mass is 421 g/mol. The number of fused-ring (bicyclic) bond motifs is 1. The van der Waals surface area contributed by atoms with Crippen molar-refractivity contribution in [2.45, 2.75) is 65.7 Å². The van der Waals surface area contributed by atoms with Gasteiger partial charge in [-0.2, -0.15) is 0 Å². The Bertz CT molecular complexity index is 807. The molecule has 0 bridgehead atoms. The summed E-state index contributed by atoms with van der Waals surface area (Å²) in [6.07, 6.45) is 5.42. The Labute approximate surface area is 176 Å². The second-order valence-corrected chi connectivity index (χ2v) is 10.4. The van der Waals surface area contributed by atoms with Crippen molar-refractivity contribution >= 4 is 34.2 Å². The van der Waals surface area contributed by atoms with Gasteiger partial charge in [0, 0.05) is 4.88 Å². The number of hydrogen-bond acceptors (Lipinski definition) is 5. The molecule has 0 radical (unpaired) electrons. The molecule has 0 spiro atoms. The fourth-order valence-electron chi connectivity index (χ4n) is 4.68. The van der Waals surface area contributed by atoms with Gasteiger partial charge in [0.05, 0.1) is 24.5 Å². The Morgan fingerprint density at radius 1 is 1.10 bits per heavy atom. The molecule has 0 saturated heterocycles. The van der Waals surface area contributed by atoms with Crippen molar-refractivity contribution in [3.8, 4) is 0 Å². The number of aliphatic carboxylic acids is 1. The number of methoxy groups -OCH3 is 1. The number of ether oxygens (including phenoxy) is 1. The zero-order chi connectivity index (χ0) is 21.3. The highest BCUT2D eigenvalue weighted by molar-refractivity contribution is 7.17. The van der Waals surface area contributed by atoms with Crippen LogP contribution in [0.3, 0.4) is 0 Å². The molecule has 1 aromatic heterocycles. The maximum Gasteiger partial charge on any atom is 0.341 e. The van der Waals surface area contributed by atoms with Gasteiger partial charge in [0.25, 0.3) is 0 Å². The van der Waals surface area contributed by atoms with Crippen LogP contribution in [0, 0.1) is 23.2 Å². The molecule has 160 valence electrons. The Morgan fingerprint density at radius 2 is 1.76 bits per heavy atom. The van der Waals surface area contributed by atoms with Crippen LogP contribution in [-0.4, -0.2) is 30.1 Å². The SMILES string of the molecule is COC(=O)c1c(NC(=O)C2CCCCC2C(=O)O)sc2c1CCC(C(C)(C)C)C2. The summed E-state index contributed by atoms with van der Waals surface area (Å²) in [5.74, 6) is -2.37. The van der Waals surface area contributed by atoms with Crippen molar-refractivity contribution in [1.82, 2.24) is 0 Å². The van der Waals surface area contributed by atoms with Gasteiger partial charge in [-0.3, -0.25) is 9.59 Å². The highest BCUT2D eigenvalue weighted by atomic mass is 32.1. The number of carbonyl (C=O) groups is 3. The molecule has 1 fully saturated rings. The molecule has 3 unspecified atom stereocenters. The highest BCUT2D eigenvalue weighted by Gasteiger charge is 2.38. The number of thiophene rings is 1. The Morgan fingerprint density at radius 3 is 2.34 bits per heavy atom. The molecule has 3 atom stereocenters. The second kappa shape index (κ2) is 8.46. The molecule has 7 heteroatoms. The van der Waals surface area contributed by atoms with Crippen LogP contribution < -0.4 is 5.32 Å². The van der Waals surface area contributed by atoms with Gasteiger partial charge in [-0.05, 0) is 49.0 Å². The van der Waals surface area contributed by atoms with Crippen LogP contribution in [0.1, 0.15) is 73.7 Å². The number of nitrogens with one attached hydrogen (secondary N) is 1. The van der Waals surface area contributed by atoms with E-state index in [0.717, 1.165) is 42.5 Å². The van der Waals surface area contributed by atoms with Gasteiger partial charge in [0.15, 0.2) is 0 Å². The van der Waals surface area contributed by atoms with E-state index in [1.807, 2.05) is 0 Å². The second-order valence-electron chi connectivity index (χ2n) is 9.33. The smallest absolute Gasteiger partial charge is 0.341 e. The molecule has 0 aliphatic heterocycles. The maximum absolute atomic E-state index is 13.0. The van der Waals surface area contributed by atoms with Crippen LogP contribution in [0.5, 0.6) is 0 Å². The minimum Gasteiger partial charge on any atom is -0.481 e. The predicted octanol–water partition coefficient (Wildman–Crippen LogP) is 4.52. The summed E-state index contributed by atoms with van der Waals surface area (Å²) in [5, 5.41) is 12.9. The van der Waals surface area contributed by atoms with Crippen molar-refractivity contribution in [1.29, 1.82) is 0 Å². The van der Waals surface area contributed by atoms with Crippen LogP contribution >= 0.6 is 11.3 Å². The average molecular weight is 422 g/mol. The summed E-state index contributed by atoms with van der Waals surface area (Å²) in [5.41, 5.74) is 1.61. The number of rotatable bonds is 4. The number of hydrogen-bond donors (Lipinski definition) is 2. The van der Waals surface area contributed by atoms with Crippen LogP contribution in [0.4, 0.5) is 5.00 Å². The van der Waals surface area contributed by atoms with E-state index in [9.17, 15) is 19.5 Å². The lowest BCUT2D eigenvalue weighted by Crippen LogP contribution is -2.36. The van der Waals surface area contributed by atoms with E-state index in [4.69, 9.17) is 4.74 Å². The van der Waals surface area contributed by atoms with Crippen molar-refractivity contribution in [3.63, 3.8) is 0 Å². The van der Waals surface area contributed by atoms with Crippen LogP contribution in [-0.2, 0) is 27.2 Å². The first kappa shape index (κ1) is 21.8. The van der Waals surface area contributed by atoms with Crippen LogP contribution in [0.2, 0.25) is 0 Å². The van der Waals surface area contributed by atoms with Gasteiger partial charge in [0.1, 0.15) is 5.00 Å². The molecular formula is C22H31NO5S. The summed E-state index contributed by atoms with van der Waals surface area (Å²) in [6, 6.07) is 0. The minimum absolute atomic E-state index is 0.174. The fraction of sp³-hybridized carbons (Fsp3) is 0.682. The van der Waals surface area contributed by atoms with Crippen LogP contribution in [0.25, 0.3) is 0 Å². The van der Waals surface area contributed by atoms with E-state index >= 15 is 0 Å². The van der Waals surface area contributed by atoms with Gasteiger partial charge in [-0.1, -0.05) is 33.6 Å². The lowest BCUT2D eigenvalue weighted by molar-refractivity contribution is -0.147. The van der Waals surface area contributed by atoms with Crippen molar-refractivity contribution in [3.05, 3.63) is 16.0 Å². The summed E-state index contributed by atoms with van der Waals surface area (Å²) in [7, 11) is 1.35. The number of amides is 1. The molecule has 0 aromatic carbocycles. The summed E-state index contributed by atoms with van der Waals surface area (Å²) < 4.78 is 5.00. The normalized spacial score (nSPS) is 24.5. The summed E-state index contributed by atoms with van der Waals surface area (Å²) >= 11 is 1.45. The number of carbonyl (C=O) groups excluding carboxylic acids is 2. The van der Waals surface area contributed by atoms with Gasteiger partial charge in [-0.25, -0.2) is 4.79 Å². The predicted molar refractivity (Wildman–Crippen MR) is 112 cm³/mol. The largest absolute Gasteiger partial charge is 0.481 e. The molecule has 2 aliphatic rings. The molecule has 2 N–H and O–H groups in total. The first-order valence-corrected chi connectivity index (χ1v) is 11.2. The van der Waals surface area contributed by atoms with Crippen molar-refractivity contribution < 1.29 is 24.2 Å². The van der Waals surface area contributed by atoms with Gasteiger partial charge in [0.2, 0.25) is 5.91 Å². The number of carboxylic acids is 1. The fourth-order valence-corrected chi connectivity index (χ4v) is 5.99. The highest BCUT2D eigenvalue weighted by Crippen LogP contribution is 2.45. The molecule has 1 amide bonds. The maximum atomic E-state index is 13.0. The zero-order valence-corrected chi connectivity index (χ0v) is 18.5. The third-order valence-corrected chi connectivity index (χ3v) is 7.71. The van der Waals surface area contributed by atoms with Crippen LogP contribution in [0.15, 0.2) is 0 Å². The van der Waals surface area contributed by atoms with E-state index in [0.29, 0.717) is 29.3 Å². The molecule has 1 saturated carbocycles. The van der Waals surface area contributed by atoms with Crippen molar-refractivity contribution in [2.24, 2.45) is 23.2 Å². The van der Waals surface area contributed by atoms with E-state index in [2.05, 4.69) is 26.1 Å². The lowest BCUT2D eigenvalue weighted by Gasteiger charge is -2.33. The Hall–Kier alpha value is -1.89. The van der Waals surface area contributed by atoms with E-state index in [-0.39, 0.29) is 11.3 Å². The number of carboxylic acid groups (broad SMARTS) is 1. The zero-order valence-electron chi connectivity index (χ0n) is 17.7. The third-order valence-electron chi connectivity index (χ3n) is 6.54. The molecule has 1 heterocycles. The first-order valence-electron chi connectivity index (χ1n) is 10.4. The van der Waals surface area contributed by atoms with E-state index in [1.54, 1.807) is 0 Å². The molecular weight excluding hydrogens is 390 g/mol. The van der Waals surface area contributed by atoms with E-state index < -0.39 is 23.8 Å².